The molecule has 5 aromatic heterocycles. The van der Waals surface area contributed by atoms with Crippen LogP contribution in [0.25, 0.3) is 137 Å². The highest BCUT2D eigenvalue weighted by Gasteiger charge is 2.25. The number of hydrogen-bond acceptors (Lipinski definition) is 2. The lowest BCUT2D eigenvalue weighted by Gasteiger charge is -2.13. The topological polar surface area (TPSA) is 40.0 Å². The molecule has 0 unspecified atom stereocenters. The Kier molecular flexibility index (Phi) is 6.89. The molecule has 0 atom stereocenters. The van der Waals surface area contributed by atoms with Crippen molar-refractivity contribution in [3.8, 4) is 33.9 Å². The highest BCUT2D eigenvalue weighted by molar-refractivity contribution is 6.38. The number of aromatic nitrogens is 5. The first kappa shape index (κ1) is 34.7. The Hall–Kier alpha value is -8.80. The first-order valence-corrected chi connectivity index (χ1v) is 22.3. The van der Waals surface area contributed by atoms with Crippen LogP contribution in [-0.2, 0) is 0 Å². The number of nitrogens with zero attached hydrogens (tertiary/aromatic N) is 5. The van der Waals surface area contributed by atoms with Gasteiger partial charge in [-0.2, -0.15) is 0 Å². The second-order valence-electron chi connectivity index (χ2n) is 17.3. The van der Waals surface area contributed by atoms with Crippen LogP contribution in [0.3, 0.4) is 0 Å². The molecule has 0 radical (unpaired) electrons. The average Bonchev–Trinajstić information content (AvgIpc) is 4.10. The van der Waals surface area contributed by atoms with Crippen LogP contribution in [0.5, 0.6) is 0 Å². The van der Waals surface area contributed by atoms with Crippen molar-refractivity contribution in [2.75, 3.05) is 0 Å². The lowest BCUT2D eigenvalue weighted by atomic mass is 9.99. The molecule has 0 amide bonds. The van der Waals surface area contributed by atoms with Crippen molar-refractivity contribution in [1.29, 1.82) is 0 Å². The average molecular weight is 826 g/mol. The highest BCUT2D eigenvalue weighted by atomic mass is 15.0. The van der Waals surface area contributed by atoms with Gasteiger partial charge in [-0.15, -0.1) is 0 Å². The smallest absolute Gasteiger partial charge is 0.0973 e. The zero-order chi connectivity index (χ0) is 42.3. The fourth-order valence-corrected chi connectivity index (χ4v) is 11.2. The Morgan fingerprint density at radius 1 is 0.292 bits per heavy atom. The van der Waals surface area contributed by atoms with Crippen molar-refractivity contribution in [1.82, 2.24) is 23.5 Å². The van der Waals surface area contributed by atoms with E-state index in [1.165, 1.54) is 87.0 Å². The van der Waals surface area contributed by atoms with Crippen LogP contribution in [0.1, 0.15) is 0 Å². The van der Waals surface area contributed by atoms with Crippen LogP contribution in [0, 0.1) is 0 Å². The second kappa shape index (κ2) is 12.9. The van der Waals surface area contributed by atoms with Crippen LogP contribution in [0.2, 0.25) is 0 Å². The van der Waals surface area contributed by atoms with Gasteiger partial charge < -0.3 is 13.5 Å². The molecule has 0 aliphatic carbocycles. The van der Waals surface area contributed by atoms with E-state index in [1.54, 1.807) is 0 Å². The van der Waals surface area contributed by atoms with Crippen molar-refractivity contribution < 1.29 is 0 Å². The van der Waals surface area contributed by atoms with Crippen molar-refractivity contribution >= 4 is 104 Å². The van der Waals surface area contributed by atoms with Gasteiger partial charge in [0.05, 0.1) is 61.0 Å². The van der Waals surface area contributed by atoms with E-state index in [4.69, 9.17) is 9.97 Å². The van der Waals surface area contributed by atoms with Crippen LogP contribution >= 0.6 is 0 Å². The van der Waals surface area contributed by atoms with E-state index >= 15 is 0 Å². The van der Waals surface area contributed by atoms with Crippen LogP contribution in [-0.4, -0.2) is 23.5 Å². The van der Waals surface area contributed by atoms with Crippen LogP contribution in [0.4, 0.5) is 0 Å². The molecule has 65 heavy (non-hydrogen) atoms. The third kappa shape index (κ3) is 4.71. The molecular weight excluding hydrogens is 791 g/mol. The maximum absolute atomic E-state index is 5.38. The number of rotatable bonds is 4. The summed E-state index contributed by atoms with van der Waals surface area (Å²) in [5, 5.41) is 12.6. The summed E-state index contributed by atoms with van der Waals surface area (Å²) in [4.78, 5) is 10.8. The van der Waals surface area contributed by atoms with Gasteiger partial charge in [0.2, 0.25) is 0 Å². The Morgan fingerprint density at radius 3 is 1.62 bits per heavy atom. The standard InChI is InChI=1S/C60H35N5/c1-2-15-39(16-3-1)63-49-23-11-6-18-42(49)44-32-28-38(34-53(44)63)59-58(61-47-21-9-10-22-48(47)62-59)37-26-30-40(31-27-37)64-52-33-29-36-14-4-5-17-41(36)55(52)57-54(64)35-46-43-19-7-12-24-50(43)65-51-25-13-8-20-45(51)56(57)60(46)65/h1-35H. The van der Waals surface area contributed by atoms with Gasteiger partial charge in [0.1, 0.15) is 0 Å². The zero-order valence-electron chi connectivity index (χ0n) is 34.9. The third-order valence-corrected chi connectivity index (χ3v) is 13.9. The molecular formula is C60H35N5. The fraction of sp³-hybridized carbons (Fsp3) is 0. The minimum Gasteiger partial charge on any atom is -0.309 e. The van der Waals surface area contributed by atoms with Crippen molar-refractivity contribution in [3.05, 3.63) is 212 Å². The zero-order valence-corrected chi connectivity index (χ0v) is 34.9. The summed E-state index contributed by atoms with van der Waals surface area (Å²) in [6, 6.07) is 76.9. The van der Waals surface area contributed by atoms with E-state index in [0.717, 1.165) is 50.4 Å². The molecule has 15 rings (SSSR count). The van der Waals surface area contributed by atoms with Crippen molar-refractivity contribution in [3.63, 3.8) is 0 Å². The van der Waals surface area contributed by atoms with Gasteiger partial charge >= 0.3 is 0 Å². The minimum atomic E-state index is 0.851. The molecule has 5 nitrogen and oxygen atoms in total. The molecule has 15 aromatic rings. The van der Waals surface area contributed by atoms with Gasteiger partial charge in [0.15, 0.2) is 0 Å². The van der Waals surface area contributed by atoms with Gasteiger partial charge in [-0.05, 0) is 83.6 Å². The Labute approximate surface area is 371 Å². The van der Waals surface area contributed by atoms with Crippen molar-refractivity contribution in [2.24, 2.45) is 0 Å². The monoisotopic (exact) mass is 825 g/mol. The Morgan fingerprint density at radius 2 is 0.846 bits per heavy atom. The first-order valence-electron chi connectivity index (χ1n) is 22.3. The molecule has 0 aliphatic rings. The number of hydrogen-bond donors (Lipinski definition) is 0. The van der Waals surface area contributed by atoms with E-state index in [0.29, 0.717) is 0 Å². The molecule has 5 heterocycles. The van der Waals surface area contributed by atoms with Gasteiger partial charge in [0, 0.05) is 65.6 Å². The van der Waals surface area contributed by atoms with Gasteiger partial charge in [-0.25, -0.2) is 9.97 Å². The summed E-state index contributed by atoms with van der Waals surface area (Å²) in [5.41, 5.74) is 16.1. The normalized spacial score (nSPS) is 12.3. The Balaban J connectivity index is 0.980. The molecule has 10 aromatic carbocycles. The van der Waals surface area contributed by atoms with Crippen LogP contribution in [0.15, 0.2) is 212 Å². The summed E-state index contributed by atoms with van der Waals surface area (Å²) in [6.45, 7) is 0. The summed E-state index contributed by atoms with van der Waals surface area (Å²) < 4.78 is 7.33. The van der Waals surface area contributed by atoms with Gasteiger partial charge in [0.25, 0.3) is 0 Å². The maximum atomic E-state index is 5.38. The summed E-state index contributed by atoms with van der Waals surface area (Å²) >= 11 is 0. The minimum absolute atomic E-state index is 0.851. The SMILES string of the molecule is c1ccc(-n2c3ccccc3c3ccc(-c4nc5ccccc5nc4-c4ccc(-n5c6ccc7ccccc7c6c6c7c8ccccc8n8c9ccccc9c(cc65)c78)cc4)cc32)cc1. The molecule has 0 N–H and O–H groups in total. The summed E-state index contributed by atoms with van der Waals surface area (Å²) in [5.74, 6) is 0. The predicted molar refractivity (Wildman–Crippen MR) is 271 cm³/mol. The van der Waals surface area contributed by atoms with E-state index in [9.17, 15) is 0 Å². The van der Waals surface area contributed by atoms with E-state index in [2.05, 4.69) is 214 Å². The number of fused-ring (bicyclic) bond motifs is 16. The predicted octanol–water partition coefficient (Wildman–Crippen LogP) is 15.5. The van der Waals surface area contributed by atoms with Crippen LogP contribution < -0.4 is 0 Å². The highest BCUT2D eigenvalue weighted by Crippen LogP contribution is 2.48. The first-order chi connectivity index (χ1) is 32.3. The quantitative estimate of drug-likeness (QED) is 0.177. The van der Waals surface area contributed by atoms with Gasteiger partial charge in [-0.3, -0.25) is 0 Å². The third-order valence-electron chi connectivity index (χ3n) is 13.9. The fourth-order valence-electron chi connectivity index (χ4n) is 11.2. The molecule has 0 aliphatic heterocycles. The molecule has 0 spiro atoms. The number of benzene rings is 10. The largest absolute Gasteiger partial charge is 0.309 e. The summed E-state index contributed by atoms with van der Waals surface area (Å²) in [6.07, 6.45) is 0. The van der Waals surface area contributed by atoms with Gasteiger partial charge in [-0.1, -0.05) is 140 Å². The molecule has 0 fully saturated rings. The van der Waals surface area contributed by atoms with Crippen molar-refractivity contribution in [2.45, 2.75) is 0 Å². The lowest BCUT2D eigenvalue weighted by molar-refractivity contribution is 1.18. The van der Waals surface area contributed by atoms with E-state index < -0.39 is 0 Å². The molecule has 0 saturated carbocycles. The molecule has 0 bridgehead atoms. The van der Waals surface area contributed by atoms with E-state index in [-0.39, 0.29) is 0 Å². The summed E-state index contributed by atoms with van der Waals surface area (Å²) in [7, 11) is 0. The molecule has 0 saturated heterocycles. The molecule has 5 heteroatoms. The maximum Gasteiger partial charge on any atom is 0.0973 e. The number of para-hydroxylation sites is 6. The Bertz CT molecular complexity index is 4460. The second-order valence-corrected chi connectivity index (χ2v) is 17.3. The molecule has 300 valence electrons. The van der Waals surface area contributed by atoms with E-state index in [1.807, 2.05) is 12.1 Å². The lowest BCUT2D eigenvalue weighted by Crippen LogP contribution is -1.98.